The third-order valence-electron chi connectivity index (χ3n) is 3.81. The van der Waals surface area contributed by atoms with Crippen molar-refractivity contribution in [3.05, 3.63) is 52.5 Å². The van der Waals surface area contributed by atoms with Gasteiger partial charge in [0.2, 0.25) is 5.95 Å². The van der Waals surface area contributed by atoms with Crippen LogP contribution in [0.4, 0.5) is 5.95 Å². The van der Waals surface area contributed by atoms with Gasteiger partial charge in [-0.1, -0.05) is 38.1 Å². The van der Waals surface area contributed by atoms with E-state index < -0.39 is 0 Å². The second kappa shape index (κ2) is 7.19. The van der Waals surface area contributed by atoms with E-state index in [2.05, 4.69) is 42.5 Å². The van der Waals surface area contributed by atoms with Crippen LogP contribution in [0.5, 0.6) is 0 Å². The van der Waals surface area contributed by atoms with E-state index in [-0.39, 0.29) is 11.6 Å². The molecule has 0 saturated heterocycles. The Hall–Kier alpha value is -2.47. The summed E-state index contributed by atoms with van der Waals surface area (Å²) in [6.45, 7) is 8.18. The molecule has 0 unspecified atom stereocenters. The molecule has 1 heterocycles. The van der Waals surface area contributed by atoms with E-state index in [1.165, 1.54) is 9.58 Å². The van der Waals surface area contributed by atoms with Gasteiger partial charge in [0.15, 0.2) is 0 Å². The molecule has 1 aromatic carbocycles. The topological polar surface area (TPSA) is 77.0 Å². The molecule has 0 aliphatic carbocycles. The molecule has 23 heavy (non-hydrogen) atoms. The van der Waals surface area contributed by atoms with Crippen molar-refractivity contribution in [1.29, 1.82) is 0 Å². The molecule has 6 nitrogen and oxygen atoms in total. The predicted molar refractivity (Wildman–Crippen MR) is 93.2 cm³/mol. The first kappa shape index (κ1) is 16.9. The molecule has 6 heteroatoms. The van der Waals surface area contributed by atoms with Gasteiger partial charge in [-0.05, 0) is 24.0 Å². The van der Waals surface area contributed by atoms with Crippen LogP contribution in [0.3, 0.4) is 0 Å². The van der Waals surface area contributed by atoms with E-state index in [4.69, 9.17) is 5.84 Å². The van der Waals surface area contributed by atoms with Gasteiger partial charge in [0.05, 0.1) is 6.54 Å². The van der Waals surface area contributed by atoms with Crippen molar-refractivity contribution in [2.24, 2.45) is 12.9 Å². The summed E-state index contributed by atoms with van der Waals surface area (Å²) in [5, 5.41) is 1.32. The Morgan fingerprint density at radius 3 is 2.39 bits per heavy atom. The van der Waals surface area contributed by atoms with Crippen LogP contribution in [0.15, 0.2) is 35.6 Å². The van der Waals surface area contributed by atoms with Gasteiger partial charge in [-0.25, -0.2) is 10.6 Å². The standard InChI is InChI=1S/C17H23N5O/c1-5-11-22(18)16-19-15(21(4)17(23)20-16)14-12(6-2)9-8-10-13(14)7-3/h5,8-10H,1,6-7,11,18H2,2-4H3. The molecule has 122 valence electrons. The molecule has 0 spiro atoms. The Bertz CT molecular complexity index is 744. The molecule has 0 fully saturated rings. The summed E-state index contributed by atoms with van der Waals surface area (Å²) in [5.74, 6) is 6.70. The highest BCUT2D eigenvalue weighted by atomic mass is 16.1. The normalized spacial score (nSPS) is 10.6. The Labute approximate surface area is 136 Å². The van der Waals surface area contributed by atoms with E-state index in [0.29, 0.717) is 12.4 Å². The number of rotatable bonds is 6. The largest absolute Gasteiger partial charge is 0.352 e. The van der Waals surface area contributed by atoms with Gasteiger partial charge >= 0.3 is 5.69 Å². The van der Waals surface area contributed by atoms with Crippen molar-refractivity contribution in [1.82, 2.24) is 14.5 Å². The predicted octanol–water partition coefficient (Wildman–Crippen LogP) is 1.83. The fourth-order valence-electron chi connectivity index (χ4n) is 2.55. The van der Waals surface area contributed by atoms with E-state index in [9.17, 15) is 4.79 Å². The minimum absolute atomic E-state index is 0.205. The second-order valence-corrected chi connectivity index (χ2v) is 5.29. The highest BCUT2D eigenvalue weighted by Gasteiger charge is 2.17. The highest BCUT2D eigenvalue weighted by Crippen LogP contribution is 2.27. The fourth-order valence-corrected chi connectivity index (χ4v) is 2.55. The Kier molecular flexibility index (Phi) is 5.28. The number of hydrogen-bond acceptors (Lipinski definition) is 5. The number of nitrogens with zero attached hydrogens (tertiary/aromatic N) is 4. The number of hydrogen-bond donors (Lipinski definition) is 1. The van der Waals surface area contributed by atoms with Gasteiger partial charge in [0.1, 0.15) is 5.82 Å². The summed E-state index contributed by atoms with van der Waals surface area (Å²) < 4.78 is 1.47. The molecular formula is C17H23N5O. The first-order chi connectivity index (χ1) is 11.0. The van der Waals surface area contributed by atoms with E-state index in [1.54, 1.807) is 13.1 Å². The monoisotopic (exact) mass is 313 g/mol. The number of anilines is 1. The molecule has 2 aromatic rings. The van der Waals surface area contributed by atoms with Crippen molar-refractivity contribution in [2.45, 2.75) is 26.7 Å². The number of aryl methyl sites for hydroxylation is 2. The lowest BCUT2D eigenvalue weighted by molar-refractivity contribution is 0.753. The molecule has 2 N–H and O–H groups in total. The van der Waals surface area contributed by atoms with Crippen molar-refractivity contribution >= 4 is 5.95 Å². The Balaban J connectivity index is 2.73. The van der Waals surface area contributed by atoms with Gasteiger partial charge < -0.3 is 0 Å². The second-order valence-electron chi connectivity index (χ2n) is 5.29. The average Bonchev–Trinajstić information content (AvgIpc) is 2.56. The summed E-state index contributed by atoms with van der Waals surface area (Å²) >= 11 is 0. The summed E-state index contributed by atoms with van der Waals surface area (Å²) in [4.78, 5) is 20.7. The van der Waals surface area contributed by atoms with Crippen LogP contribution >= 0.6 is 0 Å². The van der Waals surface area contributed by atoms with E-state index in [1.807, 2.05) is 6.07 Å². The van der Waals surface area contributed by atoms with Crippen LogP contribution in [0.2, 0.25) is 0 Å². The summed E-state index contributed by atoms with van der Waals surface area (Å²) in [7, 11) is 1.68. The first-order valence-electron chi connectivity index (χ1n) is 7.72. The van der Waals surface area contributed by atoms with Crippen LogP contribution in [0, 0.1) is 0 Å². The smallest absolute Gasteiger partial charge is 0.279 e. The van der Waals surface area contributed by atoms with Crippen LogP contribution < -0.4 is 16.5 Å². The maximum Gasteiger partial charge on any atom is 0.352 e. The van der Waals surface area contributed by atoms with Gasteiger partial charge in [-0.15, -0.1) is 6.58 Å². The van der Waals surface area contributed by atoms with Crippen LogP contribution in [0.1, 0.15) is 25.0 Å². The summed E-state index contributed by atoms with van der Waals surface area (Å²) in [6, 6.07) is 6.16. The number of nitrogens with two attached hydrogens (primary N) is 1. The molecule has 0 radical (unpaired) electrons. The zero-order valence-electron chi connectivity index (χ0n) is 13.9. The minimum Gasteiger partial charge on any atom is -0.279 e. The lowest BCUT2D eigenvalue weighted by Gasteiger charge is -2.18. The third kappa shape index (κ3) is 3.32. The third-order valence-corrected chi connectivity index (χ3v) is 3.81. The average molecular weight is 313 g/mol. The van der Waals surface area contributed by atoms with Crippen LogP contribution in [-0.4, -0.2) is 21.1 Å². The van der Waals surface area contributed by atoms with Crippen molar-refractivity contribution in [3.63, 3.8) is 0 Å². The van der Waals surface area contributed by atoms with Crippen LogP contribution in [0.25, 0.3) is 11.4 Å². The number of hydrazine groups is 1. The number of aromatic nitrogens is 3. The van der Waals surface area contributed by atoms with Crippen molar-refractivity contribution < 1.29 is 0 Å². The lowest BCUT2D eigenvalue weighted by Crippen LogP contribution is -2.36. The summed E-state index contributed by atoms with van der Waals surface area (Å²) in [5.41, 5.74) is 2.91. The Morgan fingerprint density at radius 2 is 1.87 bits per heavy atom. The first-order valence-corrected chi connectivity index (χ1v) is 7.72. The maximum atomic E-state index is 12.2. The van der Waals surface area contributed by atoms with Crippen molar-refractivity contribution in [2.75, 3.05) is 11.6 Å². The maximum absolute atomic E-state index is 12.2. The molecule has 0 saturated carbocycles. The Morgan fingerprint density at radius 1 is 1.26 bits per heavy atom. The van der Waals surface area contributed by atoms with E-state index in [0.717, 1.165) is 29.5 Å². The minimum atomic E-state index is -0.377. The van der Waals surface area contributed by atoms with Gasteiger partial charge in [-0.3, -0.25) is 9.58 Å². The molecule has 0 aliphatic heterocycles. The highest BCUT2D eigenvalue weighted by molar-refractivity contribution is 5.66. The van der Waals surface area contributed by atoms with Crippen LogP contribution in [-0.2, 0) is 19.9 Å². The lowest BCUT2D eigenvalue weighted by atomic mass is 9.97. The molecule has 0 aliphatic rings. The molecule has 1 aromatic heterocycles. The van der Waals surface area contributed by atoms with Gasteiger partial charge in [0, 0.05) is 12.6 Å². The molecule has 0 bridgehead atoms. The zero-order chi connectivity index (χ0) is 17.0. The quantitative estimate of drug-likeness (QED) is 0.500. The SMILES string of the molecule is C=CCN(N)c1nc(-c2c(CC)cccc2CC)n(C)c(=O)n1. The van der Waals surface area contributed by atoms with Gasteiger partial charge in [-0.2, -0.15) is 9.97 Å². The molecule has 2 rings (SSSR count). The van der Waals surface area contributed by atoms with E-state index >= 15 is 0 Å². The summed E-state index contributed by atoms with van der Waals surface area (Å²) in [6.07, 6.45) is 3.35. The van der Waals surface area contributed by atoms with Gasteiger partial charge in [0.25, 0.3) is 0 Å². The zero-order valence-corrected chi connectivity index (χ0v) is 13.9. The fraction of sp³-hybridized carbons (Fsp3) is 0.353. The molecule has 0 amide bonds. The molecule has 0 atom stereocenters. The molecular weight excluding hydrogens is 290 g/mol. The number of benzene rings is 1. The van der Waals surface area contributed by atoms with Crippen molar-refractivity contribution in [3.8, 4) is 11.4 Å².